The molecule has 0 saturated carbocycles. The van der Waals surface area contributed by atoms with Gasteiger partial charge in [-0.3, -0.25) is 0 Å². The fraction of sp³-hybridized carbons (Fsp3) is 0.111. The van der Waals surface area contributed by atoms with Crippen LogP contribution in [0.4, 0.5) is 30.6 Å². The molecule has 26 heavy (non-hydrogen) atoms. The fourth-order valence-electron chi connectivity index (χ4n) is 2.26. The molecule has 0 atom stereocenters. The van der Waals surface area contributed by atoms with E-state index < -0.39 is 17.5 Å². The quantitative estimate of drug-likeness (QED) is 0.598. The summed E-state index contributed by atoms with van der Waals surface area (Å²) in [5, 5.41) is 6.33. The zero-order valence-corrected chi connectivity index (χ0v) is 14.4. The van der Waals surface area contributed by atoms with Crippen molar-refractivity contribution in [2.75, 3.05) is 10.6 Å². The molecule has 3 rings (SSSR count). The van der Waals surface area contributed by atoms with Crippen LogP contribution in [0.1, 0.15) is 11.3 Å². The van der Waals surface area contributed by atoms with E-state index in [4.69, 9.17) is 11.6 Å². The average molecular weight is 379 g/mol. The van der Waals surface area contributed by atoms with E-state index in [1.54, 1.807) is 25.1 Å². The summed E-state index contributed by atoms with van der Waals surface area (Å²) in [5.74, 6) is -3.54. The third kappa shape index (κ3) is 4.23. The molecule has 0 fully saturated rings. The van der Waals surface area contributed by atoms with E-state index in [9.17, 15) is 13.2 Å². The van der Waals surface area contributed by atoms with Crippen molar-refractivity contribution < 1.29 is 13.2 Å². The zero-order chi connectivity index (χ0) is 18.7. The number of benzene rings is 2. The number of aryl methyl sites for hydroxylation is 1. The molecule has 1 heterocycles. The molecule has 8 heteroatoms. The second-order valence-corrected chi connectivity index (χ2v) is 5.98. The van der Waals surface area contributed by atoms with Crippen LogP contribution in [0.15, 0.2) is 42.5 Å². The van der Waals surface area contributed by atoms with E-state index in [2.05, 4.69) is 20.6 Å². The molecule has 134 valence electrons. The van der Waals surface area contributed by atoms with Gasteiger partial charge in [0.05, 0.1) is 5.69 Å². The largest absolute Gasteiger partial charge is 0.350 e. The first kappa shape index (κ1) is 18.0. The summed E-state index contributed by atoms with van der Waals surface area (Å²) < 4.78 is 40.2. The molecule has 0 aliphatic rings. The summed E-state index contributed by atoms with van der Waals surface area (Å²) in [7, 11) is 0. The third-order valence-electron chi connectivity index (χ3n) is 3.52. The topological polar surface area (TPSA) is 49.8 Å². The maximum Gasteiger partial charge on any atom is 0.225 e. The van der Waals surface area contributed by atoms with Crippen LogP contribution in [-0.2, 0) is 6.54 Å². The van der Waals surface area contributed by atoms with Gasteiger partial charge in [-0.15, -0.1) is 0 Å². The van der Waals surface area contributed by atoms with Crippen LogP contribution in [0.5, 0.6) is 0 Å². The normalized spacial score (nSPS) is 10.7. The average Bonchev–Trinajstić information content (AvgIpc) is 2.61. The van der Waals surface area contributed by atoms with E-state index >= 15 is 0 Å². The van der Waals surface area contributed by atoms with Crippen molar-refractivity contribution in [1.29, 1.82) is 0 Å². The molecule has 0 amide bonds. The molecule has 0 aliphatic heterocycles. The summed E-state index contributed by atoms with van der Waals surface area (Å²) in [6.45, 7) is 2.20. The van der Waals surface area contributed by atoms with Crippen LogP contribution in [-0.4, -0.2) is 9.97 Å². The summed E-state index contributed by atoms with van der Waals surface area (Å²) in [4.78, 5) is 8.46. The highest BCUT2D eigenvalue weighted by Gasteiger charge is 2.14. The monoisotopic (exact) mass is 378 g/mol. The zero-order valence-electron chi connectivity index (χ0n) is 13.7. The van der Waals surface area contributed by atoms with E-state index in [1.165, 1.54) is 0 Å². The second kappa shape index (κ2) is 7.61. The van der Waals surface area contributed by atoms with Crippen LogP contribution in [0.2, 0.25) is 5.02 Å². The Kier molecular flexibility index (Phi) is 5.27. The highest BCUT2D eigenvalue weighted by Crippen LogP contribution is 2.23. The Balaban J connectivity index is 1.77. The second-order valence-electron chi connectivity index (χ2n) is 5.55. The summed E-state index contributed by atoms with van der Waals surface area (Å²) >= 11 is 5.85. The lowest BCUT2D eigenvalue weighted by molar-refractivity contribution is 0.449. The first-order valence-electron chi connectivity index (χ1n) is 7.67. The molecule has 0 aliphatic carbocycles. The van der Waals surface area contributed by atoms with Gasteiger partial charge in [-0.1, -0.05) is 23.7 Å². The maximum atomic E-state index is 13.8. The number of halogens is 4. The molecule has 0 saturated heterocycles. The smallest absolute Gasteiger partial charge is 0.225 e. The Hall–Kier alpha value is -2.80. The lowest BCUT2D eigenvalue weighted by atomic mass is 10.2. The van der Waals surface area contributed by atoms with Crippen LogP contribution >= 0.6 is 11.6 Å². The van der Waals surface area contributed by atoms with Gasteiger partial charge in [0, 0.05) is 23.3 Å². The van der Waals surface area contributed by atoms with Gasteiger partial charge in [0.15, 0.2) is 17.5 Å². The molecule has 0 unspecified atom stereocenters. The molecule has 4 nitrogen and oxygen atoms in total. The summed E-state index contributed by atoms with van der Waals surface area (Å²) in [5.41, 5.74) is 1.37. The van der Waals surface area contributed by atoms with Crippen molar-refractivity contribution >= 4 is 29.1 Å². The highest BCUT2D eigenvalue weighted by molar-refractivity contribution is 6.30. The fourth-order valence-corrected chi connectivity index (χ4v) is 2.38. The van der Waals surface area contributed by atoms with Crippen molar-refractivity contribution in [3.8, 4) is 0 Å². The van der Waals surface area contributed by atoms with E-state index in [0.29, 0.717) is 23.2 Å². The molecular weight excluding hydrogens is 365 g/mol. The van der Waals surface area contributed by atoms with E-state index in [1.807, 2.05) is 12.1 Å². The van der Waals surface area contributed by atoms with Crippen molar-refractivity contribution in [3.63, 3.8) is 0 Å². The molecular formula is C18H14ClF3N4. The van der Waals surface area contributed by atoms with Gasteiger partial charge in [0.25, 0.3) is 0 Å². The number of nitrogens with one attached hydrogen (secondary N) is 2. The van der Waals surface area contributed by atoms with Crippen LogP contribution in [0, 0.1) is 24.4 Å². The van der Waals surface area contributed by atoms with Crippen LogP contribution in [0.25, 0.3) is 0 Å². The van der Waals surface area contributed by atoms with Gasteiger partial charge in [0.1, 0.15) is 5.82 Å². The van der Waals surface area contributed by atoms with Crippen LogP contribution < -0.4 is 10.6 Å². The molecule has 2 N–H and O–H groups in total. The maximum absolute atomic E-state index is 13.8. The van der Waals surface area contributed by atoms with Gasteiger partial charge in [-0.25, -0.2) is 18.2 Å². The van der Waals surface area contributed by atoms with E-state index in [-0.39, 0.29) is 11.5 Å². The molecule has 0 bridgehead atoms. The summed E-state index contributed by atoms with van der Waals surface area (Å²) in [6, 6.07) is 10.8. The van der Waals surface area contributed by atoms with Gasteiger partial charge >= 0.3 is 0 Å². The molecule has 1 aromatic heterocycles. The van der Waals surface area contributed by atoms with Gasteiger partial charge in [0.2, 0.25) is 5.95 Å². The van der Waals surface area contributed by atoms with Gasteiger partial charge < -0.3 is 10.6 Å². The molecule has 3 aromatic rings. The minimum atomic E-state index is -1.54. The highest BCUT2D eigenvalue weighted by atomic mass is 35.5. The Morgan fingerprint density at radius 1 is 0.962 bits per heavy atom. The Morgan fingerprint density at radius 2 is 1.69 bits per heavy atom. The molecule has 0 spiro atoms. The summed E-state index contributed by atoms with van der Waals surface area (Å²) in [6.07, 6.45) is 0. The number of hydrogen-bond donors (Lipinski definition) is 2. The Bertz CT molecular complexity index is 932. The van der Waals surface area contributed by atoms with Crippen LogP contribution in [0.3, 0.4) is 0 Å². The van der Waals surface area contributed by atoms with Crippen molar-refractivity contribution in [2.45, 2.75) is 13.5 Å². The lowest BCUT2D eigenvalue weighted by Crippen LogP contribution is -2.07. The standard InChI is InChI=1S/C18H14ClF3N4/c1-10-8-15(25-14-7-6-13(20)16(21)17(14)22)26-18(24-10)23-9-11-2-4-12(19)5-3-11/h2-8H,9H2,1H3,(H2,23,24,25,26). The number of hydrogen-bond acceptors (Lipinski definition) is 4. The molecule has 0 radical (unpaired) electrons. The number of rotatable bonds is 5. The van der Waals surface area contributed by atoms with Gasteiger partial charge in [-0.05, 0) is 36.8 Å². The van der Waals surface area contributed by atoms with Crippen molar-refractivity contribution in [2.24, 2.45) is 0 Å². The number of nitrogens with zero attached hydrogens (tertiary/aromatic N) is 2. The van der Waals surface area contributed by atoms with Crippen molar-refractivity contribution in [3.05, 3.63) is 76.2 Å². The first-order valence-corrected chi connectivity index (χ1v) is 8.04. The minimum absolute atomic E-state index is 0.217. The third-order valence-corrected chi connectivity index (χ3v) is 3.77. The predicted molar refractivity (Wildman–Crippen MR) is 95.1 cm³/mol. The first-order chi connectivity index (χ1) is 12.4. The lowest BCUT2D eigenvalue weighted by Gasteiger charge is -2.11. The molecule has 2 aromatic carbocycles. The SMILES string of the molecule is Cc1cc(Nc2ccc(F)c(F)c2F)nc(NCc2ccc(Cl)cc2)n1. The van der Waals surface area contributed by atoms with E-state index in [0.717, 1.165) is 17.7 Å². The van der Waals surface area contributed by atoms with Crippen molar-refractivity contribution in [1.82, 2.24) is 9.97 Å². The Morgan fingerprint density at radius 3 is 2.42 bits per heavy atom. The minimum Gasteiger partial charge on any atom is -0.350 e. The number of aromatic nitrogens is 2. The van der Waals surface area contributed by atoms with Gasteiger partial charge in [-0.2, -0.15) is 4.98 Å². The number of anilines is 3. The predicted octanol–water partition coefficient (Wildman–Crippen LogP) is 5.21. The Labute approximate surface area is 153 Å².